The van der Waals surface area contributed by atoms with Crippen molar-refractivity contribution in [3.63, 3.8) is 0 Å². The number of hydrogen-bond acceptors (Lipinski definition) is 3. The maximum absolute atomic E-state index is 13.1. The molecule has 0 fully saturated rings. The molecule has 0 bridgehead atoms. The van der Waals surface area contributed by atoms with Crippen LogP contribution in [0.1, 0.15) is 12.5 Å². The van der Waals surface area contributed by atoms with Crippen LogP contribution in [0.2, 0.25) is 0 Å². The van der Waals surface area contributed by atoms with Crippen molar-refractivity contribution in [3.8, 4) is 0 Å². The van der Waals surface area contributed by atoms with Crippen molar-refractivity contribution in [1.29, 1.82) is 0 Å². The number of nitrogens with one attached hydrogen (secondary N) is 1. The van der Waals surface area contributed by atoms with E-state index in [1.807, 2.05) is 36.4 Å². The Morgan fingerprint density at radius 2 is 1.78 bits per heavy atom. The summed E-state index contributed by atoms with van der Waals surface area (Å²) in [6.07, 6.45) is 1.62. The molecule has 0 aromatic heterocycles. The number of benzene rings is 3. The zero-order chi connectivity index (χ0) is 19.2. The third-order valence-electron chi connectivity index (χ3n) is 3.97. The number of rotatable bonds is 5. The summed E-state index contributed by atoms with van der Waals surface area (Å²) in [5.74, 6) is -1.51. The molecule has 0 saturated carbocycles. The van der Waals surface area contributed by atoms with Crippen LogP contribution in [0, 0.1) is 5.82 Å². The number of ether oxygens (including phenoxy) is 1. The molecule has 0 aliphatic heterocycles. The Hall–Kier alpha value is -3.47. The van der Waals surface area contributed by atoms with Crippen LogP contribution in [0.4, 0.5) is 10.1 Å². The molecular weight excluding hydrogens is 345 g/mol. The van der Waals surface area contributed by atoms with E-state index < -0.39 is 23.8 Å². The molecule has 0 saturated heterocycles. The summed E-state index contributed by atoms with van der Waals surface area (Å²) >= 11 is 0. The highest BCUT2D eigenvalue weighted by atomic mass is 19.1. The number of halogens is 1. The van der Waals surface area contributed by atoms with Crippen LogP contribution in [-0.2, 0) is 14.3 Å². The Labute approximate surface area is 156 Å². The highest BCUT2D eigenvalue weighted by Gasteiger charge is 2.17. The van der Waals surface area contributed by atoms with E-state index in [1.165, 1.54) is 25.1 Å². The zero-order valence-corrected chi connectivity index (χ0v) is 14.7. The highest BCUT2D eigenvalue weighted by Crippen LogP contribution is 2.23. The van der Waals surface area contributed by atoms with Crippen LogP contribution in [0.25, 0.3) is 16.8 Å². The molecule has 3 aromatic carbocycles. The van der Waals surface area contributed by atoms with Crippen molar-refractivity contribution in [2.24, 2.45) is 0 Å². The number of esters is 1. The number of carbonyl (C=O) groups is 2. The first-order chi connectivity index (χ1) is 13.0. The molecule has 27 heavy (non-hydrogen) atoms. The van der Waals surface area contributed by atoms with E-state index in [0.717, 1.165) is 16.8 Å². The monoisotopic (exact) mass is 363 g/mol. The minimum Gasteiger partial charge on any atom is -0.449 e. The topological polar surface area (TPSA) is 55.4 Å². The van der Waals surface area contributed by atoms with Crippen LogP contribution >= 0.6 is 0 Å². The van der Waals surface area contributed by atoms with Gasteiger partial charge in [0.15, 0.2) is 6.10 Å². The quantitative estimate of drug-likeness (QED) is 0.534. The maximum Gasteiger partial charge on any atom is 0.331 e. The fourth-order valence-electron chi connectivity index (χ4n) is 2.61. The fourth-order valence-corrected chi connectivity index (χ4v) is 2.61. The highest BCUT2D eigenvalue weighted by molar-refractivity contribution is 6.04. The third kappa shape index (κ3) is 4.79. The fraction of sp³-hybridized carbons (Fsp3) is 0.0909. The van der Waals surface area contributed by atoms with Crippen LogP contribution < -0.4 is 5.32 Å². The Kier molecular flexibility index (Phi) is 5.61. The van der Waals surface area contributed by atoms with Crippen molar-refractivity contribution in [1.82, 2.24) is 0 Å². The Morgan fingerprint density at radius 3 is 2.59 bits per heavy atom. The van der Waals surface area contributed by atoms with Gasteiger partial charge in [-0.1, -0.05) is 48.5 Å². The summed E-state index contributed by atoms with van der Waals surface area (Å²) in [5.41, 5.74) is 1.18. The van der Waals surface area contributed by atoms with Crippen molar-refractivity contribution in [3.05, 3.63) is 84.2 Å². The molecule has 1 N–H and O–H groups in total. The van der Waals surface area contributed by atoms with Crippen LogP contribution in [0.5, 0.6) is 0 Å². The van der Waals surface area contributed by atoms with Gasteiger partial charge in [0.1, 0.15) is 5.82 Å². The number of fused-ring (bicyclic) bond motifs is 1. The minimum absolute atomic E-state index is 0.395. The molecule has 4 nitrogen and oxygen atoms in total. The molecule has 1 amide bonds. The second-order valence-corrected chi connectivity index (χ2v) is 5.98. The third-order valence-corrected chi connectivity index (χ3v) is 3.97. The molecule has 0 aliphatic rings. The van der Waals surface area contributed by atoms with Gasteiger partial charge in [-0.2, -0.15) is 0 Å². The lowest BCUT2D eigenvalue weighted by Gasteiger charge is -2.13. The molecule has 1 atom stereocenters. The van der Waals surface area contributed by atoms with Crippen LogP contribution in [-0.4, -0.2) is 18.0 Å². The van der Waals surface area contributed by atoms with Crippen LogP contribution in [0.15, 0.2) is 72.8 Å². The van der Waals surface area contributed by atoms with E-state index in [-0.39, 0.29) is 0 Å². The van der Waals surface area contributed by atoms with Gasteiger partial charge in [0, 0.05) is 17.1 Å². The SMILES string of the molecule is C[C@H](OC(=O)/C=C/c1cccc(F)c1)C(=O)Nc1cccc2ccccc12. The molecule has 0 aliphatic carbocycles. The van der Waals surface area contributed by atoms with Gasteiger partial charge in [0.05, 0.1) is 0 Å². The molecule has 136 valence electrons. The van der Waals surface area contributed by atoms with Crippen molar-refractivity contribution >= 4 is 34.4 Å². The smallest absolute Gasteiger partial charge is 0.331 e. The van der Waals surface area contributed by atoms with E-state index in [9.17, 15) is 14.0 Å². The van der Waals surface area contributed by atoms with Gasteiger partial charge in [0.25, 0.3) is 5.91 Å². The Bertz CT molecular complexity index is 1010. The van der Waals surface area contributed by atoms with E-state index >= 15 is 0 Å². The molecule has 3 aromatic rings. The predicted octanol–water partition coefficient (Wildman–Crippen LogP) is 4.56. The van der Waals surface area contributed by atoms with Crippen molar-refractivity contribution < 1.29 is 18.7 Å². The zero-order valence-electron chi connectivity index (χ0n) is 14.7. The first-order valence-electron chi connectivity index (χ1n) is 8.46. The van der Waals surface area contributed by atoms with Gasteiger partial charge in [-0.25, -0.2) is 9.18 Å². The minimum atomic E-state index is -0.978. The number of anilines is 1. The van der Waals surface area contributed by atoms with Crippen molar-refractivity contribution in [2.45, 2.75) is 13.0 Å². The second-order valence-electron chi connectivity index (χ2n) is 5.98. The lowest BCUT2D eigenvalue weighted by Crippen LogP contribution is -2.29. The summed E-state index contributed by atoms with van der Waals surface area (Å²) in [5, 5.41) is 4.68. The standard InChI is InChI=1S/C22H18FNO3/c1-15(27-21(25)13-12-16-6-4-9-18(23)14-16)22(26)24-20-11-5-8-17-7-2-3-10-19(17)20/h2-15H,1H3,(H,24,26)/b13-12+/t15-/m0/s1. The lowest BCUT2D eigenvalue weighted by molar-refractivity contribution is -0.148. The average Bonchev–Trinajstić information content (AvgIpc) is 2.66. The number of amides is 1. The molecule has 0 heterocycles. The molecule has 0 radical (unpaired) electrons. The van der Waals surface area contributed by atoms with Gasteiger partial charge in [-0.05, 0) is 42.1 Å². The summed E-state index contributed by atoms with van der Waals surface area (Å²) in [6.45, 7) is 1.49. The first kappa shape index (κ1) is 18.3. The van der Waals surface area contributed by atoms with E-state index in [1.54, 1.807) is 18.2 Å². The van der Waals surface area contributed by atoms with Gasteiger partial charge in [-0.3, -0.25) is 4.79 Å². The lowest BCUT2D eigenvalue weighted by atomic mass is 10.1. The first-order valence-corrected chi connectivity index (χ1v) is 8.46. The van der Waals surface area contributed by atoms with Gasteiger partial charge < -0.3 is 10.1 Å². The Balaban J connectivity index is 1.62. The second kappa shape index (κ2) is 8.27. The molecule has 0 spiro atoms. The van der Waals surface area contributed by atoms with Gasteiger partial charge in [0.2, 0.25) is 0 Å². The normalized spacial score (nSPS) is 12.1. The number of carbonyl (C=O) groups excluding carboxylic acids is 2. The molecule has 5 heteroatoms. The predicted molar refractivity (Wildman–Crippen MR) is 104 cm³/mol. The summed E-state index contributed by atoms with van der Waals surface area (Å²) in [4.78, 5) is 24.2. The maximum atomic E-state index is 13.1. The van der Waals surface area contributed by atoms with E-state index in [4.69, 9.17) is 4.74 Å². The average molecular weight is 363 g/mol. The number of hydrogen-bond donors (Lipinski definition) is 1. The van der Waals surface area contributed by atoms with Crippen LogP contribution in [0.3, 0.4) is 0 Å². The van der Waals surface area contributed by atoms with Gasteiger partial charge in [-0.15, -0.1) is 0 Å². The molecule has 3 rings (SSSR count). The van der Waals surface area contributed by atoms with Crippen molar-refractivity contribution in [2.75, 3.05) is 5.32 Å². The summed E-state index contributed by atoms with van der Waals surface area (Å²) in [7, 11) is 0. The largest absolute Gasteiger partial charge is 0.449 e. The van der Waals surface area contributed by atoms with E-state index in [0.29, 0.717) is 11.3 Å². The summed E-state index contributed by atoms with van der Waals surface area (Å²) < 4.78 is 18.2. The molecule has 0 unspecified atom stereocenters. The molecular formula is C22H18FNO3. The summed E-state index contributed by atoms with van der Waals surface area (Å²) in [6, 6.07) is 19.1. The van der Waals surface area contributed by atoms with E-state index in [2.05, 4.69) is 5.32 Å². The Morgan fingerprint density at radius 1 is 1.04 bits per heavy atom. The van der Waals surface area contributed by atoms with Gasteiger partial charge >= 0.3 is 5.97 Å².